The predicted octanol–water partition coefficient (Wildman–Crippen LogP) is 2.75. The molecular weight excluding hydrogens is 380 g/mol. The molecule has 1 aromatic carbocycles. The van der Waals surface area contributed by atoms with E-state index in [1.807, 2.05) is 29.2 Å². The van der Waals surface area contributed by atoms with Gasteiger partial charge in [0.05, 0.1) is 31.0 Å². The molecule has 0 radical (unpaired) electrons. The molecule has 4 rings (SSSR count). The van der Waals surface area contributed by atoms with Crippen molar-refractivity contribution in [2.45, 2.75) is 44.7 Å². The van der Waals surface area contributed by atoms with E-state index in [1.165, 1.54) is 19.3 Å². The molecule has 7 heteroatoms. The molecule has 3 aliphatic rings. The Labute approximate surface area is 178 Å². The van der Waals surface area contributed by atoms with Crippen LogP contribution in [0, 0.1) is 0 Å². The second kappa shape index (κ2) is 8.68. The maximum Gasteiger partial charge on any atom is 0.322 e. The lowest BCUT2D eigenvalue weighted by atomic mass is 9.95. The van der Waals surface area contributed by atoms with Gasteiger partial charge in [-0.05, 0) is 38.8 Å². The van der Waals surface area contributed by atoms with Gasteiger partial charge in [-0.25, -0.2) is 4.79 Å². The van der Waals surface area contributed by atoms with E-state index >= 15 is 0 Å². The van der Waals surface area contributed by atoms with Crippen LogP contribution in [0.15, 0.2) is 35.5 Å². The summed E-state index contributed by atoms with van der Waals surface area (Å²) in [6.07, 6.45) is 4.79. The highest BCUT2D eigenvalue weighted by atomic mass is 16.5. The van der Waals surface area contributed by atoms with Crippen LogP contribution in [0.4, 0.5) is 4.79 Å². The van der Waals surface area contributed by atoms with Gasteiger partial charge < -0.3 is 19.9 Å². The second-order valence-corrected chi connectivity index (χ2v) is 8.50. The van der Waals surface area contributed by atoms with Gasteiger partial charge in [0.2, 0.25) is 0 Å². The van der Waals surface area contributed by atoms with E-state index in [1.54, 1.807) is 19.1 Å². The van der Waals surface area contributed by atoms with Crippen LogP contribution in [0.3, 0.4) is 0 Å². The Morgan fingerprint density at radius 2 is 1.97 bits per heavy atom. The molecule has 7 nitrogen and oxygen atoms in total. The number of para-hydroxylation sites is 1. The molecule has 3 aliphatic heterocycles. The first-order valence-electron chi connectivity index (χ1n) is 10.9. The summed E-state index contributed by atoms with van der Waals surface area (Å²) in [6, 6.07) is 7.51. The van der Waals surface area contributed by atoms with Crippen LogP contribution < -0.4 is 10.1 Å². The standard InChI is InChI=1S/C23H32N4O3/c1-16-9-6-7-12-26(16)13-8-14-27-15-18-20(22(27)28)21(24-23(29)25(18)2)17-10-4-5-11-19(17)30-3/h4-5,10-11,16,21H,6-9,12-15H2,1-3H3,(H,24,29)/t16-,21+/m1/s1. The fourth-order valence-corrected chi connectivity index (χ4v) is 4.90. The Morgan fingerprint density at radius 1 is 1.17 bits per heavy atom. The summed E-state index contributed by atoms with van der Waals surface area (Å²) in [5.74, 6) is 0.684. The molecule has 1 saturated heterocycles. The number of ether oxygens (including phenoxy) is 1. The maximum absolute atomic E-state index is 13.4. The second-order valence-electron chi connectivity index (χ2n) is 8.50. The molecule has 30 heavy (non-hydrogen) atoms. The Hall–Kier alpha value is -2.54. The number of nitrogens with one attached hydrogen (secondary N) is 1. The third-order valence-corrected chi connectivity index (χ3v) is 6.70. The number of rotatable bonds is 6. The third kappa shape index (κ3) is 3.78. The number of carbonyl (C=O) groups is 2. The van der Waals surface area contributed by atoms with Gasteiger partial charge in [0.15, 0.2) is 0 Å². The third-order valence-electron chi connectivity index (χ3n) is 6.70. The van der Waals surface area contributed by atoms with Gasteiger partial charge in [0, 0.05) is 31.7 Å². The number of benzene rings is 1. The summed E-state index contributed by atoms with van der Waals surface area (Å²) in [5, 5.41) is 2.99. The number of carbonyl (C=O) groups excluding carboxylic acids is 2. The number of likely N-dealkylation sites (N-methyl/N-ethyl adjacent to an activating group) is 1. The lowest BCUT2D eigenvalue weighted by molar-refractivity contribution is -0.125. The Morgan fingerprint density at radius 3 is 2.73 bits per heavy atom. The average molecular weight is 413 g/mol. The van der Waals surface area contributed by atoms with Crippen molar-refractivity contribution in [2.75, 3.05) is 40.3 Å². The van der Waals surface area contributed by atoms with Crippen molar-refractivity contribution in [1.29, 1.82) is 0 Å². The lowest BCUT2D eigenvalue weighted by Gasteiger charge is -2.33. The first-order chi connectivity index (χ1) is 14.5. The number of amides is 3. The van der Waals surface area contributed by atoms with Crippen LogP contribution in [0.1, 0.15) is 44.2 Å². The van der Waals surface area contributed by atoms with Crippen molar-refractivity contribution < 1.29 is 14.3 Å². The molecule has 1 fully saturated rings. The molecule has 0 spiro atoms. The monoisotopic (exact) mass is 412 g/mol. The number of methoxy groups -OCH3 is 1. The van der Waals surface area contributed by atoms with Gasteiger partial charge in [0.1, 0.15) is 5.75 Å². The number of nitrogens with zero attached hydrogens (tertiary/aromatic N) is 3. The number of hydrogen-bond donors (Lipinski definition) is 1. The normalized spacial score (nSPS) is 24.9. The van der Waals surface area contributed by atoms with E-state index in [2.05, 4.69) is 17.1 Å². The topological polar surface area (TPSA) is 65.1 Å². The number of piperidine rings is 1. The highest BCUT2D eigenvalue weighted by Gasteiger charge is 2.43. The van der Waals surface area contributed by atoms with Crippen molar-refractivity contribution in [3.05, 3.63) is 41.1 Å². The first-order valence-corrected chi connectivity index (χ1v) is 10.9. The molecular formula is C23H32N4O3. The van der Waals surface area contributed by atoms with E-state index in [0.717, 1.165) is 30.8 Å². The van der Waals surface area contributed by atoms with E-state index in [0.29, 0.717) is 30.5 Å². The smallest absolute Gasteiger partial charge is 0.322 e. The maximum atomic E-state index is 13.4. The fourth-order valence-electron chi connectivity index (χ4n) is 4.90. The average Bonchev–Trinajstić information content (AvgIpc) is 3.09. The summed E-state index contributed by atoms with van der Waals surface area (Å²) in [4.78, 5) is 31.9. The zero-order valence-corrected chi connectivity index (χ0v) is 18.2. The molecule has 0 bridgehead atoms. The minimum atomic E-state index is -0.487. The summed E-state index contributed by atoms with van der Waals surface area (Å²) in [5.41, 5.74) is 2.27. The van der Waals surface area contributed by atoms with Crippen molar-refractivity contribution >= 4 is 11.9 Å². The molecule has 2 atom stereocenters. The Bertz CT molecular complexity index is 853. The van der Waals surface area contributed by atoms with Gasteiger partial charge in [-0.2, -0.15) is 0 Å². The van der Waals surface area contributed by atoms with Crippen LogP contribution >= 0.6 is 0 Å². The summed E-state index contributed by atoms with van der Waals surface area (Å²) in [6.45, 7) is 5.65. The van der Waals surface area contributed by atoms with E-state index in [-0.39, 0.29) is 11.9 Å². The Kier molecular flexibility index (Phi) is 5.99. The minimum Gasteiger partial charge on any atom is -0.496 e. The highest BCUT2D eigenvalue weighted by Crippen LogP contribution is 2.38. The van der Waals surface area contributed by atoms with Gasteiger partial charge in [-0.15, -0.1) is 0 Å². The first kappa shape index (κ1) is 20.7. The van der Waals surface area contributed by atoms with Gasteiger partial charge in [0.25, 0.3) is 5.91 Å². The van der Waals surface area contributed by atoms with Crippen molar-refractivity contribution in [3.63, 3.8) is 0 Å². The van der Waals surface area contributed by atoms with Gasteiger partial charge in [-0.1, -0.05) is 24.6 Å². The summed E-state index contributed by atoms with van der Waals surface area (Å²) >= 11 is 0. The van der Waals surface area contributed by atoms with Crippen molar-refractivity contribution in [3.8, 4) is 5.75 Å². The predicted molar refractivity (Wildman–Crippen MR) is 115 cm³/mol. The van der Waals surface area contributed by atoms with E-state index in [9.17, 15) is 9.59 Å². The van der Waals surface area contributed by atoms with Crippen molar-refractivity contribution in [1.82, 2.24) is 20.0 Å². The quantitative estimate of drug-likeness (QED) is 0.780. The molecule has 162 valence electrons. The van der Waals surface area contributed by atoms with E-state index < -0.39 is 6.04 Å². The number of likely N-dealkylation sites (tertiary alicyclic amines) is 1. The zero-order valence-electron chi connectivity index (χ0n) is 18.2. The SMILES string of the molecule is COc1ccccc1[C@@H]1NC(=O)N(C)C2=C1C(=O)N(CCCN1CCCC[C@H]1C)C2. The Balaban J connectivity index is 1.50. The molecule has 0 aliphatic carbocycles. The number of hydrogen-bond acceptors (Lipinski definition) is 4. The number of urea groups is 1. The lowest BCUT2D eigenvalue weighted by Crippen LogP contribution is -2.45. The van der Waals surface area contributed by atoms with Crippen LogP contribution in [-0.4, -0.2) is 73.0 Å². The van der Waals surface area contributed by atoms with Gasteiger partial charge in [-0.3, -0.25) is 9.69 Å². The molecule has 1 aromatic rings. The highest BCUT2D eigenvalue weighted by molar-refractivity contribution is 6.01. The van der Waals surface area contributed by atoms with Crippen LogP contribution in [0.25, 0.3) is 0 Å². The van der Waals surface area contributed by atoms with Gasteiger partial charge >= 0.3 is 6.03 Å². The molecule has 0 unspecified atom stereocenters. The minimum absolute atomic E-state index is 0.0134. The van der Waals surface area contributed by atoms with Crippen LogP contribution in [-0.2, 0) is 4.79 Å². The summed E-state index contributed by atoms with van der Waals surface area (Å²) < 4.78 is 5.50. The molecule has 1 N–H and O–H groups in total. The zero-order chi connectivity index (χ0) is 21.3. The molecule has 0 saturated carbocycles. The van der Waals surface area contributed by atoms with Crippen molar-refractivity contribution in [2.24, 2.45) is 0 Å². The fraction of sp³-hybridized carbons (Fsp3) is 0.565. The molecule has 3 heterocycles. The van der Waals surface area contributed by atoms with E-state index in [4.69, 9.17) is 4.74 Å². The molecule has 3 amide bonds. The summed E-state index contributed by atoms with van der Waals surface area (Å²) in [7, 11) is 3.34. The van der Waals surface area contributed by atoms with Crippen LogP contribution in [0.2, 0.25) is 0 Å². The van der Waals surface area contributed by atoms with Crippen LogP contribution in [0.5, 0.6) is 5.75 Å². The largest absolute Gasteiger partial charge is 0.496 e. The molecule has 0 aromatic heterocycles.